The van der Waals surface area contributed by atoms with E-state index in [0.29, 0.717) is 39.4 Å². The van der Waals surface area contributed by atoms with E-state index < -0.39 is 11.9 Å². The largest absolute Gasteiger partial charge is 0.481 e. The van der Waals surface area contributed by atoms with Gasteiger partial charge in [-0.1, -0.05) is 46.8 Å². The van der Waals surface area contributed by atoms with Gasteiger partial charge in [0.05, 0.1) is 32.3 Å². The number of ether oxygens (including phenoxy) is 2. The average Bonchev–Trinajstić information content (AvgIpc) is 2.56. The predicted molar refractivity (Wildman–Crippen MR) is 125 cm³/mol. The first kappa shape index (κ1) is 29.6. The molecule has 0 heterocycles. The fourth-order valence-electron chi connectivity index (χ4n) is 3.97. The summed E-state index contributed by atoms with van der Waals surface area (Å²) < 4.78 is 10.8. The standard InChI is InChI=1S/C24H46N2O5/c1-19(17-24(5,6)18-23(2,3)4)15-20(22(28)29)16-21(27)25-9-11-30-13-14-31-12-10-26(7)8/h20H,1,9-18H2,2-8H3,(H,25,27)(H,28,29). The molecular weight excluding hydrogens is 396 g/mol. The van der Waals surface area contributed by atoms with Crippen LogP contribution in [0.2, 0.25) is 0 Å². The fourth-order valence-corrected chi connectivity index (χ4v) is 3.97. The quantitative estimate of drug-likeness (QED) is 0.264. The second kappa shape index (κ2) is 14.6. The summed E-state index contributed by atoms with van der Waals surface area (Å²) in [7, 11) is 3.97. The summed E-state index contributed by atoms with van der Waals surface area (Å²) in [5.41, 5.74) is 1.11. The molecule has 0 bridgehead atoms. The van der Waals surface area contributed by atoms with Crippen molar-refractivity contribution in [1.82, 2.24) is 10.2 Å². The van der Waals surface area contributed by atoms with Crippen molar-refractivity contribution in [3.63, 3.8) is 0 Å². The summed E-state index contributed by atoms with van der Waals surface area (Å²) in [6, 6.07) is 0. The third-order valence-electron chi connectivity index (χ3n) is 4.68. The number of carbonyl (C=O) groups excluding carboxylic acids is 1. The molecule has 1 unspecified atom stereocenters. The maximum atomic E-state index is 12.2. The number of amides is 1. The number of aliphatic carboxylic acids is 1. The Morgan fingerprint density at radius 3 is 2.10 bits per heavy atom. The minimum absolute atomic E-state index is 0.0359. The molecule has 0 aromatic heterocycles. The van der Waals surface area contributed by atoms with Gasteiger partial charge in [0, 0.05) is 19.5 Å². The zero-order valence-electron chi connectivity index (χ0n) is 20.9. The van der Waals surface area contributed by atoms with E-state index in [1.807, 2.05) is 19.0 Å². The molecule has 0 saturated carbocycles. The number of carboxylic acid groups (broad SMARTS) is 1. The van der Waals surface area contributed by atoms with E-state index in [0.717, 1.165) is 25.0 Å². The highest BCUT2D eigenvalue weighted by Crippen LogP contribution is 2.38. The highest BCUT2D eigenvalue weighted by molar-refractivity contribution is 5.82. The molecule has 0 aliphatic rings. The summed E-state index contributed by atoms with van der Waals surface area (Å²) in [5, 5.41) is 12.3. The molecule has 0 aromatic rings. The van der Waals surface area contributed by atoms with Crippen LogP contribution in [-0.2, 0) is 19.1 Å². The van der Waals surface area contributed by atoms with E-state index in [-0.39, 0.29) is 23.2 Å². The molecule has 0 fully saturated rings. The smallest absolute Gasteiger partial charge is 0.307 e. The Balaban J connectivity index is 4.19. The van der Waals surface area contributed by atoms with Gasteiger partial charge >= 0.3 is 5.97 Å². The molecule has 182 valence electrons. The number of rotatable bonds is 17. The molecule has 0 spiro atoms. The SMILES string of the molecule is C=C(CC(CC(=O)NCCOCCOCCN(C)C)C(=O)O)CC(C)(C)CC(C)(C)C. The molecule has 0 radical (unpaired) electrons. The molecule has 1 amide bonds. The van der Waals surface area contributed by atoms with Gasteiger partial charge in [0.15, 0.2) is 0 Å². The van der Waals surface area contributed by atoms with E-state index in [1.165, 1.54) is 0 Å². The lowest BCUT2D eigenvalue weighted by molar-refractivity contribution is -0.144. The van der Waals surface area contributed by atoms with E-state index in [9.17, 15) is 14.7 Å². The number of hydrogen-bond acceptors (Lipinski definition) is 5. The minimum Gasteiger partial charge on any atom is -0.481 e. The lowest BCUT2D eigenvalue weighted by atomic mass is 9.72. The second-order valence-corrected chi connectivity index (χ2v) is 10.6. The molecule has 0 aliphatic carbocycles. The van der Waals surface area contributed by atoms with Crippen LogP contribution in [0.15, 0.2) is 12.2 Å². The van der Waals surface area contributed by atoms with Crippen molar-refractivity contribution in [2.24, 2.45) is 16.7 Å². The van der Waals surface area contributed by atoms with E-state index in [2.05, 4.69) is 46.5 Å². The predicted octanol–water partition coefficient (Wildman–Crippen LogP) is 3.59. The van der Waals surface area contributed by atoms with Crippen LogP contribution < -0.4 is 5.32 Å². The molecule has 0 aromatic carbocycles. The van der Waals surface area contributed by atoms with E-state index in [1.54, 1.807) is 0 Å². The summed E-state index contributed by atoms with van der Waals surface area (Å²) in [5.74, 6) is -2.00. The zero-order chi connectivity index (χ0) is 24.1. The van der Waals surface area contributed by atoms with Crippen LogP contribution in [0.3, 0.4) is 0 Å². The third-order valence-corrected chi connectivity index (χ3v) is 4.68. The summed E-state index contributed by atoms with van der Waals surface area (Å²) >= 11 is 0. The molecule has 31 heavy (non-hydrogen) atoms. The number of carboxylic acids is 1. The van der Waals surface area contributed by atoms with Crippen LogP contribution in [0.5, 0.6) is 0 Å². The van der Waals surface area contributed by atoms with Crippen molar-refractivity contribution < 1.29 is 24.2 Å². The molecule has 1 atom stereocenters. The molecule has 0 aliphatic heterocycles. The van der Waals surface area contributed by atoms with Gasteiger partial charge in [-0.05, 0) is 44.2 Å². The maximum absolute atomic E-state index is 12.2. The number of allylic oxidation sites excluding steroid dienone is 1. The Kier molecular flexibility index (Phi) is 13.9. The lowest BCUT2D eigenvalue weighted by Crippen LogP contribution is -2.31. The van der Waals surface area contributed by atoms with Crippen LogP contribution >= 0.6 is 0 Å². The molecular formula is C24H46N2O5. The highest BCUT2D eigenvalue weighted by atomic mass is 16.5. The first-order valence-electron chi connectivity index (χ1n) is 11.2. The third kappa shape index (κ3) is 17.9. The van der Waals surface area contributed by atoms with Crippen molar-refractivity contribution in [2.45, 2.75) is 60.3 Å². The Bertz CT molecular complexity index is 553. The normalized spacial score (nSPS) is 13.3. The minimum atomic E-state index is -0.962. The van der Waals surface area contributed by atoms with Gasteiger partial charge in [-0.15, -0.1) is 0 Å². The number of nitrogens with zero attached hydrogens (tertiary/aromatic N) is 1. The number of likely N-dealkylation sites (N-methyl/N-ethyl adjacent to an activating group) is 1. The van der Waals surface area contributed by atoms with Gasteiger partial charge in [0.2, 0.25) is 5.91 Å². The number of nitrogens with one attached hydrogen (secondary N) is 1. The number of hydrogen-bond donors (Lipinski definition) is 2. The molecule has 7 heteroatoms. The zero-order valence-corrected chi connectivity index (χ0v) is 20.9. The van der Waals surface area contributed by atoms with Gasteiger partial charge in [0.1, 0.15) is 0 Å². The molecule has 0 saturated heterocycles. The summed E-state index contributed by atoms with van der Waals surface area (Å²) in [6.45, 7) is 18.3. The maximum Gasteiger partial charge on any atom is 0.307 e. The van der Waals surface area contributed by atoms with Gasteiger partial charge in [-0.2, -0.15) is 0 Å². The van der Waals surface area contributed by atoms with Crippen LogP contribution in [-0.4, -0.2) is 75.5 Å². The second-order valence-electron chi connectivity index (χ2n) is 10.6. The van der Waals surface area contributed by atoms with Gasteiger partial charge in [-0.25, -0.2) is 0 Å². The first-order valence-corrected chi connectivity index (χ1v) is 11.2. The van der Waals surface area contributed by atoms with Gasteiger partial charge in [-0.3, -0.25) is 9.59 Å². The Morgan fingerprint density at radius 2 is 1.58 bits per heavy atom. The Morgan fingerprint density at radius 1 is 1.00 bits per heavy atom. The van der Waals surface area contributed by atoms with Crippen LogP contribution in [0.25, 0.3) is 0 Å². The summed E-state index contributed by atoms with van der Waals surface area (Å²) in [6.07, 6.45) is 2.02. The Labute approximate surface area is 189 Å². The lowest BCUT2D eigenvalue weighted by Gasteiger charge is -2.33. The van der Waals surface area contributed by atoms with E-state index >= 15 is 0 Å². The van der Waals surface area contributed by atoms with Crippen molar-refractivity contribution in [1.29, 1.82) is 0 Å². The average molecular weight is 443 g/mol. The number of carbonyl (C=O) groups is 2. The van der Waals surface area contributed by atoms with Gasteiger partial charge in [0.25, 0.3) is 0 Å². The molecule has 2 N–H and O–H groups in total. The Hall–Kier alpha value is -1.44. The summed E-state index contributed by atoms with van der Waals surface area (Å²) in [4.78, 5) is 25.9. The van der Waals surface area contributed by atoms with Crippen LogP contribution in [0.4, 0.5) is 0 Å². The fraction of sp³-hybridized carbons (Fsp3) is 0.833. The van der Waals surface area contributed by atoms with Crippen molar-refractivity contribution >= 4 is 11.9 Å². The van der Waals surface area contributed by atoms with Crippen molar-refractivity contribution in [3.05, 3.63) is 12.2 Å². The van der Waals surface area contributed by atoms with Crippen molar-refractivity contribution in [3.8, 4) is 0 Å². The van der Waals surface area contributed by atoms with Crippen LogP contribution in [0.1, 0.15) is 60.3 Å². The van der Waals surface area contributed by atoms with E-state index in [4.69, 9.17) is 9.47 Å². The molecule has 0 rings (SSSR count). The first-order chi connectivity index (χ1) is 14.2. The van der Waals surface area contributed by atoms with Gasteiger partial charge < -0.3 is 24.8 Å². The van der Waals surface area contributed by atoms with Crippen molar-refractivity contribution in [2.75, 3.05) is 53.6 Å². The molecule has 7 nitrogen and oxygen atoms in total. The topological polar surface area (TPSA) is 88.1 Å². The van der Waals surface area contributed by atoms with Crippen LogP contribution in [0, 0.1) is 16.7 Å². The highest BCUT2D eigenvalue weighted by Gasteiger charge is 2.28. The monoisotopic (exact) mass is 442 g/mol.